The van der Waals surface area contributed by atoms with Crippen molar-refractivity contribution in [1.82, 2.24) is 4.98 Å². The van der Waals surface area contributed by atoms with Gasteiger partial charge in [0.2, 0.25) is 5.91 Å². The molecule has 182 valence electrons. The van der Waals surface area contributed by atoms with E-state index < -0.39 is 0 Å². The average molecular weight is 479 g/mol. The van der Waals surface area contributed by atoms with Crippen molar-refractivity contribution in [3.63, 3.8) is 0 Å². The Morgan fingerprint density at radius 1 is 1.00 bits per heavy atom. The number of amides is 1. The van der Waals surface area contributed by atoms with E-state index in [2.05, 4.69) is 70.0 Å². The number of nitrogens with zero attached hydrogens (tertiary/aromatic N) is 1. The maximum atomic E-state index is 12.4. The molecule has 3 rings (SSSR count). The molecule has 0 radical (unpaired) electrons. The molecule has 1 N–H and O–H groups in total. The number of benzene rings is 2. The van der Waals surface area contributed by atoms with Gasteiger partial charge in [-0.1, -0.05) is 84.0 Å². The first-order chi connectivity index (χ1) is 16.2. The quantitative estimate of drug-likeness (QED) is 0.284. The predicted molar refractivity (Wildman–Crippen MR) is 144 cm³/mol. The van der Waals surface area contributed by atoms with Crippen molar-refractivity contribution in [2.24, 2.45) is 0 Å². The summed E-state index contributed by atoms with van der Waals surface area (Å²) in [6.07, 6.45) is 3.16. The average Bonchev–Trinajstić information content (AvgIpc) is 3.30. The van der Waals surface area contributed by atoms with Gasteiger partial charge in [-0.2, -0.15) is 0 Å². The highest BCUT2D eigenvalue weighted by Gasteiger charge is 2.26. The number of hydrogen-bond acceptors (Lipinski definition) is 4. The summed E-state index contributed by atoms with van der Waals surface area (Å²) in [6.45, 7) is 14.1. The second-order valence-electron chi connectivity index (χ2n) is 10.1. The van der Waals surface area contributed by atoms with Crippen LogP contribution in [0, 0.1) is 0 Å². The van der Waals surface area contributed by atoms with E-state index in [0.29, 0.717) is 24.6 Å². The van der Waals surface area contributed by atoms with Crippen LogP contribution in [0.4, 0.5) is 5.13 Å². The lowest BCUT2D eigenvalue weighted by molar-refractivity contribution is -0.116. The zero-order valence-corrected chi connectivity index (χ0v) is 22.2. The van der Waals surface area contributed by atoms with Gasteiger partial charge in [0.15, 0.2) is 5.13 Å². The van der Waals surface area contributed by atoms with E-state index in [-0.39, 0.29) is 16.7 Å². The minimum Gasteiger partial charge on any atom is -0.493 e. The molecular weight excluding hydrogens is 440 g/mol. The smallest absolute Gasteiger partial charge is 0.226 e. The monoisotopic (exact) mass is 478 g/mol. The highest BCUT2D eigenvalue weighted by Crippen LogP contribution is 2.38. The van der Waals surface area contributed by atoms with Gasteiger partial charge in [0.1, 0.15) is 5.75 Å². The molecule has 0 bridgehead atoms. The summed E-state index contributed by atoms with van der Waals surface area (Å²) in [6, 6.07) is 16.6. The van der Waals surface area contributed by atoms with E-state index in [4.69, 9.17) is 4.74 Å². The second kappa shape index (κ2) is 11.2. The maximum Gasteiger partial charge on any atom is 0.226 e. The fourth-order valence-corrected chi connectivity index (χ4v) is 4.41. The van der Waals surface area contributed by atoms with Crippen molar-refractivity contribution in [3.8, 4) is 17.0 Å². The van der Waals surface area contributed by atoms with Crippen molar-refractivity contribution in [2.75, 3.05) is 11.9 Å². The third-order valence-electron chi connectivity index (χ3n) is 6.88. The summed E-state index contributed by atoms with van der Waals surface area (Å²) in [7, 11) is 0. The number of carbonyl (C=O) groups is 1. The minimum absolute atomic E-state index is 0.0217. The Morgan fingerprint density at radius 2 is 1.71 bits per heavy atom. The van der Waals surface area contributed by atoms with Crippen LogP contribution < -0.4 is 10.1 Å². The van der Waals surface area contributed by atoms with E-state index in [1.165, 1.54) is 22.5 Å². The van der Waals surface area contributed by atoms with Gasteiger partial charge < -0.3 is 10.1 Å². The number of ether oxygens (including phenoxy) is 1. The molecule has 0 saturated carbocycles. The molecule has 0 unspecified atom stereocenters. The molecular formula is C29H38N2O2S. The molecule has 1 aromatic heterocycles. The highest BCUT2D eigenvalue weighted by atomic mass is 32.1. The van der Waals surface area contributed by atoms with Crippen LogP contribution in [0.15, 0.2) is 53.9 Å². The van der Waals surface area contributed by atoms with Crippen molar-refractivity contribution in [2.45, 2.75) is 78.1 Å². The van der Waals surface area contributed by atoms with E-state index in [1.807, 2.05) is 35.7 Å². The lowest BCUT2D eigenvalue weighted by Gasteiger charge is -2.30. The molecule has 0 aliphatic carbocycles. The van der Waals surface area contributed by atoms with Crippen LogP contribution in [0.2, 0.25) is 0 Å². The maximum absolute atomic E-state index is 12.4. The standard InChI is InChI=1S/C29H38N2O2S/c1-7-28(3,4)22-16-17-25(23(19-22)29(5,6)8-2)33-18-12-15-26(32)31-27-30-24(20-34-27)21-13-10-9-11-14-21/h9-11,13-14,16-17,19-20H,7-8,12,15,18H2,1-6H3,(H,30,31,32). The third-order valence-corrected chi connectivity index (χ3v) is 7.64. The number of aromatic nitrogens is 1. The summed E-state index contributed by atoms with van der Waals surface area (Å²) < 4.78 is 6.20. The Bertz CT molecular complexity index is 1090. The molecule has 1 amide bonds. The molecule has 4 nitrogen and oxygen atoms in total. The fourth-order valence-electron chi connectivity index (χ4n) is 3.67. The molecule has 1 heterocycles. The van der Waals surface area contributed by atoms with Gasteiger partial charge in [-0.25, -0.2) is 4.98 Å². The Morgan fingerprint density at radius 3 is 2.38 bits per heavy atom. The Kier molecular flexibility index (Phi) is 8.53. The topological polar surface area (TPSA) is 51.2 Å². The van der Waals surface area contributed by atoms with Crippen LogP contribution in [0.1, 0.15) is 78.4 Å². The number of anilines is 1. The Hall–Kier alpha value is -2.66. The number of carbonyl (C=O) groups excluding carboxylic acids is 1. The second-order valence-corrected chi connectivity index (χ2v) is 10.9. The van der Waals surface area contributed by atoms with Gasteiger partial charge in [0.25, 0.3) is 0 Å². The third kappa shape index (κ3) is 6.47. The van der Waals surface area contributed by atoms with Gasteiger partial charge in [-0.3, -0.25) is 4.79 Å². The summed E-state index contributed by atoms with van der Waals surface area (Å²) in [5.41, 5.74) is 4.67. The van der Waals surface area contributed by atoms with Crippen LogP contribution in [-0.2, 0) is 15.6 Å². The zero-order chi connectivity index (χ0) is 24.8. The molecule has 0 aliphatic heterocycles. The summed E-state index contributed by atoms with van der Waals surface area (Å²) >= 11 is 1.45. The number of nitrogens with one attached hydrogen (secondary N) is 1. The van der Waals surface area contributed by atoms with Gasteiger partial charge in [0, 0.05) is 22.9 Å². The zero-order valence-electron chi connectivity index (χ0n) is 21.4. The van der Waals surface area contributed by atoms with Gasteiger partial charge in [-0.05, 0) is 41.7 Å². The van der Waals surface area contributed by atoms with E-state index >= 15 is 0 Å². The molecule has 5 heteroatoms. The molecule has 34 heavy (non-hydrogen) atoms. The van der Waals surface area contributed by atoms with Crippen molar-refractivity contribution in [1.29, 1.82) is 0 Å². The molecule has 0 saturated heterocycles. The Balaban J connectivity index is 1.57. The number of thiazole rings is 1. The molecule has 2 aromatic carbocycles. The van der Waals surface area contributed by atoms with Crippen molar-refractivity contribution in [3.05, 3.63) is 65.0 Å². The largest absolute Gasteiger partial charge is 0.493 e. The molecule has 3 aromatic rings. The van der Waals surface area contributed by atoms with Gasteiger partial charge in [-0.15, -0.1) is 11.3 Å². The van der Waals surface area contributed by atoms with Crippen LogP contribution in [0.3, 0.4) is 0 Å². The highest BCUT2D eigenvalue weighted by molar-refractivity contribution is 7.14. The van der Waals surface area contributed by atoms with Crippen LogP contribution in [-0.4, -0.2) is 17.5 Å². The molecule has 0 fully saturated rings. The SMILES string of the molecule is CCC(C)(C)c1ccc(OCCCC(=O)Nc2nc(-c3ccccc3)cs2)c(C(C)(C)CC)c1. The first kappa shape index (κ1) is 26.0. The number of rotatable bonds is 11. The molecule has 0 spiro atoms. The van der Waals surface area contributed by atoms with Crippen molar-refractivity contribution < 1.29 is 9.53 Å². The van der Waals surface area contributed by atoms with E-state index in [1.54, 1.807) is 0 Å². The summed E-state index contributed by atoms with van der Waals surface area (Å²) in [5.74, 6) is 0.891. The lowest BCUT2D eigenvalue weighted by Crippen LogP contribution is -2.21. The number of hydrogen-bond donors (Lipinski definition) is 1. The van der Waals surface area contributed by atoms with Crippen LogP contribution in [0.25, 0.3) is 11.3 Å². The van der Waals surface area contributed by atoms with Gasteiger partial charge in [0.05, 0.1) is 12.3 Å². The summed E-state index contributed by atoms with van der Waals surface area (Å²) in [5, 5.41) is 5.52. The first-order valence-corrected chi connectivity index (χ1v) is 13.1. The van der Waals surface area contributed by atoms with Gasteiger partial charge >= 0.3 is 0 Å². The lowest BCUT2D eigenvalue weighted by atomic mass is 9.76. The van der Waals surface area contributed by atoms with E-state index in [0.717, 1.165) is 29.8 Å². The summed E-state index contributed by atoms with van der Waals surface area (Å²) in [4.78, 5) is 17.0. The molecule has 0 aliphatic rings. The molecule has 0 atom stereocenters. The van der Waals surface area contributed by atoms with Crippen molar-refractivity contribution >= 4 is 22.4 Å². The normalized spacial score (nSPS) is 11.9. The fraction of sp³-hybridized carbons (Fsp3) is 0.448. The first-order valence-electron chi connectivity index (χ1n) is 12.2. The van der Waals surface area contributed by atoms with Crippen LogP contribution in [0.5, 0.6) is 5.75 Å². The van der Waals surface area contributed by atoms with E-state index in [9.17, 15) is 4.79 Å². The minimum atomic E-state index is -0.0354. The Labute approximate surface area is 208 Å². The van der Waals surface area contributed by atoms with Crippen LogP contribution >= 0.6 is 11.3 Å². The predicted octanol–water partition coefficient (Wildman–Crippen LogP) is 7.98.